The number of nitrogens with zero attached hydrogens (tertiary/aromatic N) is 1. The molecule has 1 aromatic heterocycles. The Morgan fingerprint density at radius 1 is 1.43 bits per heavy atom. The van der Waals surface area contributed by atoms with Crippen molar-refractivity contribution in [3.05, 3.63) is 36.2 Å². The molecule has 2 rings (SSSR count). The van der Waals surface area contributed by atoms with E-state index in [2.05, 4.69) is 29.1 Å². The van der Waals surface area contributed by atoms with E-state index in [1.807, 2.05) is 18.2 Å². The van der Waals surface area contributed by atoms with Crippen LogP contribution in [-0.4, -0.2) is 28.2 Å². The number of benzene rings is 1. The van der Waals surface area contributed by atoms with Crippen LogP contribution in [0.2, 0.25) is 0 Å². The molecule has 1 unspecified atom stereocenters. The first-order chi connectivity index (χ1) is 10.1. The smallest absolute Gasteiger partial charge is 0.320 e. The van der Waals surface area contributed by atoms with E-state index in [0.29, 0.717) is 16.8 Å². The molecule has 1 atom stereocenters. The Labute approximate surface area is 128 Å². The highest BCUT2D eigenvalue weighted by molar-refractivity contribution is 7.90. The summed E-state index contributed by atoms with van der Waals surface area (Å²) in [6, 6.07) is 5.79. The minimum Gasteiger partial charge on any atom is -0.609 e. The van der Waals surface area contributed by atoms with Crippen molar-refractivity contribution in [3.63, 3.8) is 0 Å². The molecule has 1 aromatic carbocycles. The largest absolute Gasteiger partial charge is 0.609 e. The van der Waals surface area contributed by atoms with Gasteiger partial charge in [0.25, 0.3) is 0 Å². The van der Waals surface area contributed by atoms with Gasteiger partial charge in [-0.05, 0) is 24.1 Å². The van der Waals surface area contributed by atoms with E-state index >= 15 is 0 Å². The number of anilines is 1. The van der Waals surface area contributed by atoms with Gasteiger partial charge in [0.2, 0.25) is 0 Å². The molecule has 6 heteroatoms. The molecule has 0 aliphatic carbocycles. The van der Waals surface area contributed by atoms with E-state index in [4.69, 9.17) is 4.74 Å². The van der Waals surface area contributed by atoms with Crippen LogP contribution in [0.15, 0.2) is 35.7 Å². The molecule has 2 N–H and O–H groups in total. The second-order valence-corrected chi connectivity index (χ2v) is 6.55. The van der Waals surface area contributed by atoms with Crippen LogP contribution in [0.5, 0.6) is 5.75 Å². The van der Waals surface area contributed by atoms with E-state index in [-0.39, 0.29) is 0 Å². The SMILES string of the molecule is COc1ccc(NCC(C)C)c(C[S+]([O-])c2ncc[nH]2)c1. The summed E-state index contributed by atoms with van der Waals surface area (Å²) in [6.45, 7) is 5.17. The number of nitrogens with one attached hydrogen (secondary N) is 2. The fraction of sp³-hybridized carbons (Fsp3) is 0.400. The summed E-state index contributed by atoms with van der Waals surface area (Å²) in [5, 5.41) is 3.89. The Kier molecular flexibility index (Phi) is 5.52. The maximum absolute atomic E-state index is 12.3. The molecule has 0 spiro atoms. The summed E-state index contributed by atoms with van der Waals surface area (Å²) in [6.07, 6.45) is 3.29. The predicted molar refractivity (Wildman–Crippen MR) is 85.0 cm³/mol. The van der Waals surface area contributed by atoms with Crippen molar-refractivity contribution in [2.24, 2.45) is 5.92 Å². The molecule has 0 saturated heterocycles. The second kappa shape index (κ2) is 7.38. The van der Waals surface area contributed by atoms with Crippen molar-refractivity contribution in [2.75, 3.05) is 19.0 Å². The lowest BCUT2D eigenvalue weighted by molar-refractivity contribution is 0.414. The molecule has 21 heavy (non-hydrogen) atoms. The van der Waals surface area contributed by atoms with E-state index < -0.39 is 11.2 Å². The summed E-state index contributed by atoms with van der Waals surface area (Å²) in [4.78, 5) is 6.94. The summed E-state index contributed by atoms with van der Waals surface area (Å²) < 4.78 is 17.6. The Hall–Kier alpha value is -1.66. The third-order valence-electron chi connectivity index (χ3n) is 2.99. The van der Waals surface area contributed by atoms with Crippen LogP contribution in [0, 0.1) is 5.92 Å². The number of ether oxygens (including phenoxy) is 1. The minimum absolute atomic E-state index is 0.394. The van der Waals surface area contributed by atoms with E-state index in [1.165, 1.54) is 0 Å². The van der Waals surface area contributed by atoms with Gasteiger partial charge in [0.1, 0.15) is 11.5 Å². The first kappa shape index (κ1) is 15.7. The van der Waals surface area contributed by atoms with Gasteiger partial charge in [-0.15, -0.1) is 0 Å². The molecule has 0 bridgehead atoms. The van der Waals surface area contributed by atoms with Crippen LogP contribution in [0.1, 0.15) is 19.4 Å². The van der Waals surface area contributed by atoms with E-state index in [9.17, 15) is 4.55 Å². The van der Waals surface area contributed by atoms with Crippen LogP contribution < -0.4 is 10.1 Å². The Morgan fingerprint density at radius 3 is 2.86 bits per heavy atom. The maximum Gasteiger partial charge on any atom is 0.320 e. The molecule has 0 aliphatic rings. The predicted octanol–water partition coefficient (Wildman–Crippen LogP) is 2.79. The van der Waals surface area contributed by atoms with Crippen LogP contribution in [0.4, 0.5) is 5.69 Å². The fourth-order valence-corrected chi connectivity index (χ4v) is 2.92. The van der Waals surface area contributed by atoms with Crippen LogP contribution >= 0.6 is 0 Å². The number of hydrogen-bond donors (Lipinski definition) is 2. The average molecular weight is 307 g/mol. The lowest BCUT2D eigenvalue weighted by atomic mass is 10.1. The zero-order valence-electron chi connectivity index (χ0n) is 12.6. The van der Waals surface area contributed by atoms with Gasteiger partial charge in [0, 0.05) is 41.4 Å². The lowest BCUT2D eigenvalue weighted by Crippen LogP contribution is -2.13. The molecule has 0 radical (unpaired) electrons. The number of methoxy groups -OCH3 is 1. The van der Waals surface area contributed by atoms with Crippen LogP contribution in [0.25, 0.3) is 0 Å². The maximum atomic E-state index is 12.3. The van der Waals surface area contributed by atoms with Gasteiger partial charge >= 0.3 is 5.16 Å². The standard InChI is InChI=1S/C15H21N3O2S/c1-11(2)9-18-14-5-4-13(20-3)8-12(14)10-21(19)15-16-6-7-17-15/h4-8,11,18H,9-10H2,1-3H3,(H,16,17). The highest BCUT2D eigenvalue weighted by Crippen LogP contribution is 2.25. The third-order valence-corrected chi connectivity index (χ3v) is 4.22. The topological polar surface area (TPSA) is 73.0 Å². The van der Waals surface area contributed by atoms with Crippen molar-refractivity contribution in [3.8, 4) is 5.75 Å². The first-order valence-electron chi connectivity index (χ1n) is 6.88. The second-order valence-electron chi connectivity index (χ2n) is 5.18. The molecule has 0 aliphatic heterocycles. The van der Waals surface area contributed by atoms with Crippen molar-refractivity contribution < 1.29 is 9.29 Å². The molecule has 1 heterocycles. The molecule has 2 aromatic rings. The van der Waals surface area contributed by atoms with Crippen molar-refractivity contribution in [2.45, 2.75) is 24.8 Å². The number of aromatic amines is 1. The zero-order chi connectivity index (χ0) is 15.2. The highest BCUT2D eigenvalue weighted by atomic mass is 32.2. The van der Waals surface area contributed by atoms with Crippen LogP contribution in [0.3, 0.4) is 0 Å². The summed E-state index contributed by atoms with van der Waals surface area (Å²) >= 11 is -1.20. The van der Waals surface area contributed by atoms with Gasteiger partial charge in [-0.1, -0.05) is 13.8 Å². The third kappa shape index (κ3) is 4.41. The number of imidazole rings is 1. The van der Waals surface area contributed by atoms with Gasteiger partial charge in [-0.25, -0.2) is 0 Å². The summed E-state index contributed by atoms with van der Waals surface area (Å²) in [5.41, 5.74) is 1.95. The quantitative estimate of drug-likeness (QED) is 0.772. The van der Waals surface area contributed by atoms with Gasteiger partial charge < -0.3 is 19.6 Å². The number of hydrogen-bond acceptors (Lipinski definition) is 4. The highest BCUT2D eigenvalue weighted by Gasteiger charge is 2.17. The number of rotatable bonds is 7. The molecule has 0 amide bonds. The van der Waals surface area contributed by atoms with Crippen molar-refractivity contribution >= 4 is 16.9 Å². The normalized spacial score (nSPS) is 12.4. The molecule has 114 valence electrons. The fourth-order valence-electron chi connectivity index (χ4n) is 1.89. The molecular weight excluding hydrogens is 286 g/mol. The van der Waals surface area contributed by atoms with Crippen LogP contribution in [-0.2, 0) is 16.9 Å². The summed E-state index contributed by atoms with van der Waals surface area (Å²) in [5.74, 6) is 1.69. The molecular formula is C15H21N3O2S. The minimum atomic E-state index is -1.20. The first-order valence-corrected chi connectivity index (χ1v) is 8.20. The average Bonchev–Trinajstić information content (AvgIpc) is 3.00. The number of H-pyrrole nitrogens is 1. The lowest BCUT2D eigenvalue weighted by Gasteiger charge is -2.15. The van der Waals surface area contributed by atoms with E-state index in [1.54, 1.807) is 19.5 Å². The van der Waals surface area contributed by atoms with Gasteiger partial charge in [0.05, 0.1) is 7.11 Å². The van der Waals surface area contributed by atoms with Crippen molar-refractivity contribution in [1.82, 2.24) is 9.97 Å². The Balaban J connectivity index is 2.17. The Bertz CT molecular complexity index is 558. The zero-order valence-corrected chi connectivity index (χ0v) is 13.4. The van der Waals surface area contributed by atoms with E-state index in [0.717, 1.165) is 23.5 Å². The molecule has 0 fully saturated rings. The van der Waals surface area contributed by atoms with Gasteiger partial charge in [-0.3, -0.25) is 0 Å². The van der Waals surface area contributed by atoms with Gasteiger partial charge in [-0.2, -0.15) is 4.98 Å². The molecule has 0 saturated carbocycles. The van der Waals surface area contributed by atoms with Gasteiger partial charge in [0.15, 0.2) is 0 Å². The Morgan fingerprint density at radius 2 is 2.24 bits per heavy atom. The van der Waals surface area contributed by atoms with Crippen molar-refractivity contribution in [1.29, 1.82) is 0 Å². The monoisotopic (exact) mass is 307 g/mol. The molecule has 5 nitrogen and oxygen atoms in total. The number of aromatic nitrogens is 2. The summed E-state index contributed by atoms with van der Waals surface area (Å²) in [7, 11) is 1.63.